The van der Waals surface area contributed by atoms with Crippen LogP contribution < -0.4 is 15.4 Å². The van der Waals surface area contributed by atoms with E-state index in [1.807, 2.05) is 0 Å². The molecule has 138 valence electrons. The van der Waals surface area contributed by atoms with Crippen LogP contribution in [0.2, 0.25) is 10.0 Å². The maximum atomic E-state index is 12.4. The summed E-state index contributed by atoms with van der Waals surface area (Å²) in [5, 5.41) is 5.90. The first-order chi connectivity index (χ1) is 13.0. The highest BCUT2D eigenvalue weighted by atomic mass is 35.5. The van der Waals surface area contributed by atoms with E-state index in [2.05, 4.69) is 10.6 Å². The molecule has 0 aliphatic rings. The molecule has 0 aliphatic heterocycles. The number of hydrogen-bond donors (Lipinski definition) is 2. The second-order valence-corrected chi connectivity index (χ2v) is 6.25. The molecule has 2 aromatic carbocycles. The highest BCUT2D eigenvalue weighted by molar-refractivity contribution is 6.37. The lowest BCUT2D eigenvalue weighted by atomic mass is 10.2. The van der Waals surface area contributed by atoms with E-state index < -0.39 is 0 Å². The van der Waals surface area contributed by atoms with E-state index in [0.29, 0.717) is 22.7 Å². The van der Waals surface area contributed by atoms with E-state index in [1.165, 1.54) is 25.5 Å². The standard InChI is InChI=1S/C19H14Cl2N2O4/c1-26-17-14(20)9-11(10-15(17)21)18(24)22-12-4-6-13(7-5-12)23-19(25)16-3-2-8-27-16/h2-10H,1H3,(H,22,24)(H,23,25). The zero-order chi connectivity index (χ0) is 19.4. The third-order valence-electron chi connectivity index (χ3n) is 3.61. The molecule has 0 radical (unpaired) electrons. The number of halogens is 2. The molecule has 0 unspecified atom stereocenters. The van der Waals surface area contributed by atoms with Crippen molar-refractivity contribution in [2.45, 2.75) is 0 Å². The number of ether oxygens (including phenoxy) is 1. The van der Waals surface area contributed by atoms with Crippen LogP contribution in [0.5, 0.6) is 5.75 Å². The smallest absolute Gasteiger partial charge is 0.291 e. The number of amides is 2. The average Bonchev–Trinajstić information content (AvgIpc) is 3.18. The van der Waals surface area contributed by atoms with E-state index in [4.69, 9.17) is 32.4 Å². The number of carbonyl (C=O) groups excluding carboxylic acids is 2. The number of rotatable bonds is 5. The van der Waals surface area contributed by atoms with Gasteiger partial charge in [-0.1, -0.05) is 23.2 Å². The molecule has 0 atom stereocenters. The van der Waals surface area contributed by atoms with Gasteiger partial charge in [0.05, 0.1) is 23.4 Å². The van der Waals surface area contributed by atoms with Crippen molar-refractivity contribution in [2.75, 3.05) is 17.7 Å². The summed E-state index contributed by atoms with van der Waals surface area (Å²) in [6, 6.07) is 12.8. The summed E-state index contributed by atoms with van der Waals surface area (Å²) in [7, 11) is 1.44. The van der Waals surface area contributed by atoms with Crippen molar-refractivity contribution in [3.8, 4) is 5.75 Å². The second kappa shape index (κ2) is 8.16. The first-order valence-corrected chi connectivity index (χ1v) is 8.53. The molecule has 0 fully saturated rings. The molecule has 1 heterocycles. The molecule has 8 heteroatoms. The fourth-order valence-electron chi connectivity index (χ4n) is 2.33. The number of carbonyl (C=O) groups is 2. The fraction of sp³-hybridized carbons (Fsp3) is 0.0526. The van der Waals surface area contributed by atoms with Gasteiger partial charge in [0.15, 0.2) is 11.5 Å². The summed E-state index contributed by atoms with van der Waals surface area (Å²) in [5.74, 6) is -0.222. The summed E-state index contributed by atoms with van der Waals surface area (Å²) < 4.78 is 10.1. The van der Waals surface area contributed by atoms with Crippen LogP contribution in [0.4, 0.5) is 11.4 Å². The Morgan fingerprint density at radius 1 is 0.926 bits per heavy atom. The summed E-state index contributed by atoms with van der Waals surface area (Å²) in [6.07, 6.45) is 1.42. The van der Waals surface area contributed by atoms with Gasteiger partial charge in [0.1, 0.15) is 0 Å². The number of benzene rings is 2. The van der Waals surface area contributed by atoms with E-state index >= 15 is 0 Å². The van der Waals surface area contributed by atoms with Gasteiger partial charge in [-0.15, -0.1) is 0 Å². The summed E-state index contributed by atoms with van der Waals surface area (Å²) >= 11 is 12.1. The molecular formula is C19H14Cl2N2O4. The molecule has 0 bridgehead atoms. The minimum Gasteiger partial charge on any atom is -0.494 e. The quantitative estimate of drug-likeness (QED) is 0.619. The highest BCUT2D eigenvalue weighted by Gasteiger charge is 2.14. The second-order valence-electron chi connectivity index (χ2n) is 5.44. The predicted octanol–water partition coefficient (Wildman–Crippen LogP) is 5.10. The van der Waals surface area contributed by atoms with Crippen molar-refractivity contribution in [3.63, 3.8) is 0 Å². The molecule has 6 nitrogen and oxygen atoms in total. The van der Waals surface area contributed by atoms with Gasteiger partial charge in [0.25, 0.3) is 11.8 Å². The summed E-state index contributed by atoms with van der Waals surface area (Å²) in [4.78, 5) is 24.3. The fourth-order valence-corrected chi connectivity index (χ4v) is 2.97. The number of methoxy groups -OCH3 is 1. The number of furan rings is 1. The third-order valence-corrected chi connectivity index (χ3v) is 4.17. The highest BCUT2D eigenvalue weighted by Crippen LogP contribution is 2.34. The number of hydrogen-bond acceptors (Lipinski definition) is 4. The van der Waals surface area contributed by atoms with Gasteiger partial charge in [-0.3, -0.25) is 9.59 Å². The Balaban J connectivity index is 1.67. The van der Waals surface area contributed by atoms with Crippen LogP contribution in [0.15, 0.2) is 59.2 Å². The molecule has 0 spiro atoms. The minimum absolute atomic E-state index is 0.209. The first-order valence-electron chi connectivity index (χ1n) is 7.77. The first kappa shape index (κ1) is 18.8. The lowest BCUT2D eigenvalue weighted by Crippen LogP contribution is -2.13. The minimum atomic E-state index is -0.381. The molecule has 0 saturated heterocycles. The molecule has 1 aromatic heterocycles. The van der Waals surface area contributed by atoms with Crippen LogP contribution in [-0.2, 0) is 0 Å². The van der Waals surface area contributed by atoms with Crippen molar-refractivity contribution in [1.29, 1.82) is 0 Å². The topological polar surface area (TPSA) is 80.6 Å². The molecule has 3 rings (SSSR count). The van der Waals surface area contributed by atoms with Gasteiger partial charge in [-0.05, 0) is 48.5 Å². The van der Waals surface area contributed by atoms with Crippen molar-refractivity contribution >= 4 is 46.4 Å². The van der Waals surface area contributed by atoms with E-state index in [1.54, 1.807) is 36.4 Å². The van der Waals surface area contributed by atoms with Crippen molar-refractivity contribution < 1.29 is 18.7 Å². The Labute approximate surface area is 165 Å². The molecule has 2 amide bonds. The van der Waals surface area contributed by atoms with Gasteiger partial charge in [0.2, 0.25) is 0 Å². The maximum Gasteiger partial charge on any atom is 0.291 e. The molecular weight excluding hydrogens is 391 g/mol. The van der Waals surface area contributed by atoms with E-state index in [9.17, 15) is 9.59 Å². The molecule has 27 heavy (non-hydrogen) atoms. The Morgan fingerprint density at radius 2 is 1.48 bits per heavy atom. The molecule has 0 saturated carbocycles. The summed E-state index contributed by atoms with van der Waals surface area (Å²) in [5.41, 5.74) is 1.39. The third kappa shape index (κ3) is 4.42. The zero-order valence-corrected chi connectivity index (χ0v) is 15.6. The monoisotopic (exact) mass is 404 g/mol. The lowest BCUT2D eigenvalue weighted by Gasteiger charge is -2.10. The SMILES string of the molecule is COc1c(Cl)cc(C(=O)Nc2ccc(NC(=O)c3ccco3)cc2)cc1Cl. The van der Waals surface area contributed by atoms with Crippen LogP contribution in [0.1, 0.15) is 20.9 Å². The predicted molar refractivity (Wildman–Crippen MR) is 104 cm³/mol. The van der Waals surface area contributed by atoms with Crippen LogP contribution in [0.3, 0.4) is 0 Å². The maximum absolute atomic E-state index is 12.4. The Morgan fingerprint density at radius 3 is 1.96 bits per heavy atom. The zero-order valence-electron chi connectivity index (χ0n) is 14.1. The average molecular weight is 405 g/mol. The van der Waals surface area contributed by atoms with E-state index in [-0.39, 0.29) is 27.6 Å². The van der Waals surface area contributed by atoms with E-state index in [0.717, 1.165) is 0 Å². The largest absolute Gasteiger partial charge is 0.494 e. The molecule has 0 aliphatic carbocycles. The van der Waals surface area contributed by atoms with Gasteiger partial charge in [-0.2, -0.15) is 0 Å². The van der Waals surface area contributed by atoms with Crippen molar-refractivity contribution in [3.05, 3.63) is 76.2 Å². The van der Waals surface area contributed by atoms with Gasteiger partial charge >= 0.3 is 0 Å². The van der Waals surface area contributed by atoms with Gasteiger partial charge < -0.3 is 19.8 Å². The lowest BCUT2D eigenvalue weighted by molar-refractivity contribution is 0.0994. The molecule has 2 N–H and O–H groups in total. The normalized spacial score (nSPS) is 10.3. The van der Waals surface area contributed by atoms with Gasteiger partial charge in [0, 0.05) is 16.9 Å². The number of anilines is 2. The van der Waals surface area contributed by atoms with Crippen molar-refractivity contribution in [1.82, 2.24) is 0 Å². The van der Waals surface area contributed by atoms with Crippen LogP contribution in [-0.4, -0.2) is 18.9 Å². The number of nitrogens with one attached hydrogen (secondary N) is 2. The van der Waals surface area contributed by atoms with Crippen molar-refractivity contribution in [2.24, 2.45) is 0 Å². The molecule has 3 aromatic rings. The van der Waals surface area contributed by atoms with Crippen LogP contribution in [0.25, 0.3) is 0 Å². The summed E-state index contributed by atoms with van der Waals surface area (Å²) in [6.45, 7) is 0. The van der Waals surface area contributed by atoms with Crippen LogP contribution >= 0.6 is 23.2 Å². The Hall–Kier alpha value is -2.96. The Kier molecular flexibility index (Phi) is 5.69. The van der Waals surface area contributed by atoms with Crippen LogP contribution in [0, 0.1) is 0 Å². The Bertz CT molecular complexity index is 947. The van der Waals surface area contributed by atoms with Gasteiger partial charge in [-0.25, -0.2) is 0 Å².